The van der Waals surface area contributed by atoms with Gasteiger partial charge in [-0.1, -0.05) is 140 Å². The highest BCUT2D eigenvalue weighted by Gasteiger charge is 2.24. The SMILES string of the molecule is c1ccc2c(c1)ccc1c3cccc(-c4cccc5c4sc4ccccc45)c3n(-c3nc(-c4ccc5c(c4)oc4ccccc45)nc(-c4ccc5c(c4)oc4ccccc45)n3)c21. The Balaban J connectivity index is 1.10. The van der Waals surface area contributed by atoms with Crippen LogP contribution < -0.4 is 0 Å². The number of rotatable bonds is 4. The molecule has 0 aliphatic carbocycles. The Morgan fingerprint density at radius 1 is 0.371 bits per heavy atom. The van der Waals surface area contributed by atoms with Crippen LogP contribution in [0.5, 0.6) is 0 Å². The van der Waals surface area contributed by atoms with Gasteiger partial charge in [-0.3, -0.25) is 4.57 Å². The van der Waals surface area contributed by atoms with Crippen LogP contribution in [0.3, 0.4) is 0 Å². The van der Waals surface area contributed by atoms with Gasteiger partial charge in [0.25, 0.3) is 0 Å². The first kappa shape index (κ1) is 33.7. The standard InChI is InChI=1S/C55H30N4O2S/c1-2-12-34-31(11-1)23-28-42-40-16-9-17-41(44-19-10-18-43-39-15-5-8-22-49(39)62-52(43)44)51(40)59(50(34)42)55-57-53(32-24-26-37-35-13-3-6-20-45(35)60-47(37)29-32)56-54(58-55)33-25-27-38-36-14-4-7-21-46(36)61-48(38)30-33/h1-30H. The zero-order valence-electron chi connectivity index (χ0n) is 32.8. The summed E-state index contributed by atoms with van der Waals surface area (Å²) < 4.78 is 17.6. The zero-order chi connectivity index (χ0) is 40.5. The molecular formula is C55H30N4O2S. The first-order chi connectivity index (χ1) is 30.7. The maximum Gasteiger partial charge on any atom is 0.238 e. The van der Waals surface area contributed by atoms with Crippen molar-refractivity contribution in [3.63, 3.8) is 0 Å². The minimum absolute atomic E-state index is 0.520. The minimum Gasteiger partial charge on any atom is -0.456 e. The van der Waals surface area contributed by atoms with Gasteiger partial charge in [0.05, 0.1) is 11.0 Å². The van der Waals surface area contributed by atoms with Crippen LogP contribution in [0.2, 0.25) is 0 Å². The van der Waals surface area contributed by atoms with Gasteiger partial charge in [0.1, 0.15) is 22.3 Å². The Hall–Kier alpha value is -8.13. The minimum atomic E-state index is 0.520. The fraction of sp³-hybridized carbons (Fsp3) is 0. The summed E-state index contributed by atoms with van der Waals surface area (Å²) in [5.74, 6) is 1.60. The van der Waals surface area contributed by atoms with E-state index >= 15 is 0 Å². The molecule has 0 aliphatic heterocycles. The summed E-state index contributed by atoms with van der Waals surface area (Å²) in [5.41, 5.74) is 9.24. The van der Waals surface area contributed by atoms with Crippen LogP contribution in [-0.4, -0.2) is 19.5 Å². The zero-order valence-corrected chi connectivity index (χ0v) is 33.7. The van der Waals surface area contributed by atoms with E-state index in [0.29, 0.717) is 17.6 Å². The van der Waals surface area contributed by atoms with Gasteiger partial charge in [0, 0.05) is 80.1 Å². The predicted octanol–water partition coefficient (Wildman–Crippen LogP) is 15.3. The van der Waals surface area contributed by atoms with Crippen LogP contribution in [0, 0.1) is 0 Å². The molecule has 6 nitrogen and oxygen atoms in total. The molecule has 0 N–H and O–H groups in total. The Labute approximate surface area is 356 Å². The van der Waals surface area contributed by atoms with Crippen LogP contribution in [0.4, 0.5) is 0 Å². The van der Waals surface area contributed by atoms with Crippen LogP contribution >= 0.6 is 11.3 Å². The monoisotopic (exact) mass is 810 g/mol. The van der Waals surface area contributed by atoms with Crippen molar-refractivity contribution in [2.75, 3.05) is 0 Å². The number of hydrogen-bond acceptors (Lipinski definition) is 6. The summed E-state index contributed by atoms with van der Waals surface area (Å²) in [4.78, 5) is 16.1. The van der Waals surface area contributed by atoms with Crippen molar-refractivity contribution in [1.82, 2.24) is 19.5 Å². The summed E-state index contributed by atoms with van der Waals surface area (Å²) in [6.45, 7) is 0. The van der Waals surface area contributed by atoms with Crippen molar-refractivity contribution >= 4 is 108 Å². The third-order valence-electron chi connectivity index (χ3n) is 12.5. The number of hydrogen-bond donors (Lipinski definition) is 0. The van der Waals surface area contributed by atoms with Gasteiger partial charge in [-0.05, 0) is 47.9 Å². The summed E-state index contributed by atoms with van der Waals surface area (Å²) in [6.07, 6.45) is 0. The number of nitrogens with zero attached hydrogens (tertiary/aromatic N) is 4. The van der Waals surface area contributed by atoms with E-state index in [4.69, 9.17) is 23.8 Å². The van der Waals surface area contributed by atoms with Crippen LogP contribution in [-0.2, 0) is 0 Å². The Morgan fingerprint density at radius 3 is 1.61 bits per heavy atom. The maximum atomic E-state index is 6.41. The lowest BCUT2D eigenvalue weighted by Gasteiger charge is -2.14. The second-order valence-corrected chi connectivity index (χ2v) is 17.0. The number of benzene rings is 9. The molecule has 62 heavy (non-hydrogen) atoms. The predicted molar refractivity (Wildman–Crippen MR) is 255 cm³/mol. The molecule has 0 bridgehead atoms. The lowest BCUT2D eigenvalue weighted by Crippen LogP contribution is -2.07. The Kier molecular flexibility index (Phi) is 6.89. The van der Waals surface area contributed by atoms with Crippen molar-refractivity contribution in [1.29, 1.82) is 0 Å². The molecule has 7 heteroatoms. The molecule has 0 fully saturated rings. The highest BCUT2D eigenvalue weighted by molar-refractivity contribution is 7.26. The van der Waals surface area contributed by atoms with Gasteiger partial charge >= 0.3 is 0 Å². The molecule has 0 spiro atoms. The van der Waals surface area contributed by atoms with Gasteiger partial charge in [0.2, 0.25) is 5.95 Å². The van der Waals surface area contributed by atoms with Gasteiger partial charge in [0.15, 0.2) is 11.6 Å². The average Bonchev–Trinajstić information content (AvgIpc) is 4.10. The molecule has 14 aromatic rings. The second-order valence-electron chi connectivity index (χ2n) is 15.9. The van der Waals surface area contributed by atoms with Crippen molar-refractivity contribution in [3.8, 4) is 39.9 Å². The maximum absolute atomic E-state index is 6.41. The number of thiophene rings is 1. The topological polar surface area (TPSA) is 69.9 Å². The smallest absolute Gasteiger partial charge is 0.238 e. The van der Waals surface area contributed by atoms with E-state index in [1.165, 1.54) is 25.7 Å². The number of furan rings is 2. The molecule has 0 amide bonds. The summed E-state index contributed by atoms with van der Waals surface area (Å²) in [6, 6.07) is 63.8. The Bertz CT molecular complexity index is 4060. The van der Waals surface area contributed by atoms with Crippen LogP contribution in [0.25, 0.3) is 136 Å². The molecule has 0 saturated carbocycles. The fourth-order valence-corrected chi connectivity index (χ4v) is 10.9. The van der Waals surface area contributed by atoms with E-state index in [2.05, 4.69) is 150 Å². The lowest BCUT2D eigenvalue weighted by molar-refractivity contribution is 0.668. The van der Waals surface area contributed by atoms with Crippen molar-refractivity contribution in [2.45, 2.75) is 0 Å². The van der Waals surface area contributed by atoms with E-state index in [1.807, 2.05) is 47.7 Å². The quantitative estimate of drug-likeness (QED) is 0.177. The molecule has 0 aliphatic rings. The van der Waals surface area contributed by atoms with Gasteiger partial charge < -0.3 is 8.83 Å². The van der Waals surface area contributed by atoms with Gasteiger partial charge in [-0.2, -0.15) is 9.97 Å². The van der Waals surface area contributed by atoms with E-state index in [9.17, 15) is 0 Å². The van der Waals surface area contributed by atoms with E-state index in [1.54, 1.807) is 0 Å². The highest BCUT2D eigenvalue weighted by Crippen LogP contribution is 2.45. The second kappa shape index (κ2) is 12.7. The molecular weight excluding hydrogens is 781 g/mol. The van der Waals surface area contributed by atoms with E-state index < -0.39 is 0 Å². The summed E-state index contributed by atoms with van der Waals surface area (Å²) in [5, 5.41) is 11.2. The molecule has 288 valence electrons. The third-order valence-corrected chi connectivity index (χ3v) is 13.7. The number of fused-ring (bicyclic) bond motifs is 14. The first-order valence-corrected chi connectivity index (χ1v) is 21.5. The van der Waals surface area contributed by atoms with E-state index in [-0.39, 0.29) is 0 Å². The molecule has 14 rings (SSSR count). The number of aromatic nitrogens is 4. The lowest BCUT2D eigenvalue weighted by atomic mass is 9.99. The first-order valence-electron chi connectivity index (χ1n) is 20.7. The number of para-hydroxylation sites is 3. The highest BCUT2D eigenvalue weighted by atomic mass is 32.1. The average molecular weight is 811 g/mol. The molecule has 5 heterocycles. The largest absolute Gasteiger partial charge is 0.456 e. The Morgan fingerprint density at radius 2 is 0.903 bits per heavy atom. The molecule has 0 radical (unpaired) electrons. The normalized spacial score (nSPS) is 12.2. The van der Waals surface area contributed by atoms with Crippen molar-refractivity contribution < 1.29 is 8.83 Å². The molecule has 9 aromatic carbocycles. The summed E-state index contributed by atoms with van der Waals surface area (Å²) >= 11 is 1.84. The molecule has 0 saturated heterocycles. The van der Waals surface area contributed by atoms with Gasteiger partial charge in [-0.25, -0.2) is 4.98 Å². The van der Waals surface area contributed by atoms with Crippen molar-refractivity contribution in [2.24, 2.45) is 0 Å². The third kappa shape index (κ3) is 4.82. The molecule has 0 unspecified atom stereocenters. The molecule has 5 aromatic heterocycles. The fourth-order valence-electron chi connectivity index (χ4n) is 9.66. The van der Waals surface area contributed by atoms with Crippen LogP contribution in [0.15, 0.2) is 191 Å². The van der Waals surface area contributed by atoms with E-state index in [0.717, 1.165) is 93.1 Å². The van der Waals surface area contributed by atoms with Gasteiger partial charge in [-0.15, -0.1) is 11.3 Å². The van der Waals surface area contributed by atoms with Crippen molar-refractivity contribution in [3.05, 3.63) is 182 Å². The van der Waals surface area contributed by atoms with Crippen LogP contribution in [0.1, 0.15) is 0 Å². The summed E-state index contributed by atoms with van der Waals surface area (Å²) in [7, 11) is 0. The molecule has 0 atom stereocenters.